The minimum atomic E-state index is -0.307. The third-order valence-corrected chi connectivity index (χ3v) is 3.98. The van der Waals surface area contributed by atoms with Crippen LogP contribution >= 0.6 is 23.2 Å². The molecule has 0 aliphatic heterocycles. The van der Waals surface area contributed by atoms with E-state index in [9.17, 15) is 4.79 Å². The Bertz CT molecular complexity index is 954. The van der Waals surface area contributed by atoms with E-state index in [0.717, 1.165) is 16.6 Å². The van der Waals surface area contributed by atoms with Crippen molar-refractivity contribution in [2.75, 3.05) is 0 Å². The van der Waals surface area contributed by atoms with Crippen LogP contribution in [0.1, 0.15) is 21.6 Å². The highest BCUT2D eigenvalue weighted by molar-refractivity contribution is 6.36. The maximum absolute atomic E-state index is 12.4. The van der Waals surface area contributed by atoms with Crippen molar-refractivity contribution in [2.24, 2.45) is 5.10 Å². The first-order valence-electron chi connectivity index (χ1n) is 7.19. The summed E-state index contributed by atoms with van der Waals surface area (Å²) in [4.78, 5) is 16.9. The number of carbonyl (C=O) groups is 1. The summed E-state index contributed by atoms with van der Waals surface area (Å²) in [6, 6.07) is 14.3. The van der Waals surface area contributed by atoms with Crippen molar-refractivity contribution in [1.29, 1.82) is 0 Å². The van der Waals surface area contributed by atoms with Gasteiger partial charge in [-0.1, -0.05) is 47.5 Å². The third-order valence-electron chi connectivity index (χ3n) is 3.42. The number of hydrogen-bond donors (Lipinski definition) is 1. The first kappa shape index (κ1) is 16.4. The number of para-hydroxylation sites is 1. The van der Waals surface area contributed by atoms with Crippen molar-refractivity contribution in [1.82, 2.24) is 10.4 Å². The zero-order valence-electron chi connectivity index (χ0n) is 12.8. The number of pyridine rings is 1. The van der Waals surface area contributed by atoms with Gasteiger partial charge < -0.3 is 0 Å². The largest absolute Gasteiger partial charge is 0.272 e. The lowest BCUT2D eigenvalue weighted by Gasteiger charge is -2.06. The Balaban J connectivity index is 1.84. The molecule has 0 unspecified atom stereocenters. The number of aromatic nitrogens is 1. The molecule has 0 fully saturated rings. The van der Waals surface area contributed by atoms with Crippen LogP contribution in [0.5, 0.6) is 0 Å². The number of nitrogens with zero attached hydrogens (tertiary/aromatic N) is 2. The molecule has 1 N–H and O–H groups in total. The molecular weight excluding hydrogens is 345 g/mol. The molecule has 0 aliphatic rings. The number of halogens is 2. The van der Waals surface area contributed by atoms with E-state index in [1.54, 1.807) is 24.3 Å². The number of fused-ring (bicyclic) bond motifs is 1. The third kappa shape index (κ3) is 3.55. The molecule has 0 saturated heterocycles. The Labute approximate surface area is 149 Å². The molecule has 4 nitrogen and oxygen atoms in total. The van der Waals surface area contributed by atoms with Crippen LogP contribution < -0.4 is 5.43 Å². The van der Waals surface area contributed by atoms with Gasteiger partial charge in [0.25, 0.3) is 5.91 Å². The first-order chi connectivity index (χ1) is 11.5. The fraction of sp³-hybridized carbons (Fsp3) is 0.0556. The Kier molecular flexibility index (Phi) is 4.79. The molecular formula is C18H13Cl2N3O. The maximum Gasteiger partial charge on any atom is 0.272 e. The van der Waals surface area contributed by atoms with Gasteiger partial charge in [0.1, 0.15) is 0 Å². The van der Waals surface area contributed by atoms with Gasteiger partial charge in [-0.2, -0.15) is 5.10 Å². The van der Waals surface area contributed by atoms with Gasteiger partial charge in [-0.3, -0.25) is 9.78 Å². The highest BCUT2D eigenvalue weighted by atomic mass is 35.5. The molecule has 0 aliphatic carbocycles. The molecule has 1 heterocycles. The lowest BCUT2D eigenvalue weighted by atomic mass is 10.1. The van der Waals surface area contributed by atoms with Crippen LogP contribution in [-0.4, -0.2) is 17.1 Å². The summed E-state index contributed by atoms with van der Waals surface area (Å²) in [5.41, 5.74) is 5.25. The number of carbonyl (C=O) groups excluding carboxylic acids is 1. The summed E-state index contributed by atoms with van der Waals surface area (Å²) < 4.78 is 0. The molecule has 24 heavy (non-hydrogen) atoms. The fourth-order valence-electron chi connectivity index (χ4n) is 2.32. The number of aryl methyl sites for hydroxylation is 1. The van der Waals surface area contributed by atoms with E-state index in [2.05, 4.69) is 15.5 Å². The van der Waals surface area contributed by atoms with E-state index in [1.165, 1.54) is 6.21 Å². The molecule has 3 aromatic rings. The smallest absolute Gasteiger partial charge is 0.267 e. The average molecular weight is 358 g/mol. The lowest BCUT2D eigenvalue weighted by Crippen LogP contribution is -2.18. The van der Waals surface area contributed by atoms with Crippen LogP contribution in [0, 0.1) is 6.92 Å². The van der Waals surface area contributed by atoms with Crippen molar-refractivity contribution in [3.05, 3.63) is 75.4 Å². The molecule has 1 amide bonds. The molecule has 0 bridgehead atoms. The monoisotopic (exact) mass is 357 g/mol. The predicted molar refractivity (Wildman–Crippen MR) is 98.0 cm³/mol. The second-order valence-corrected chi connectivity index (χ2v) is 6.04. The molecule has 2 aromatic carbocycles. The van der Waals surface area contributed by atoms with Gasteiger partial charge in [-0.25, -0.2) is 5.43 Å². The Morgan fingerprint density at radius 2 is 1.96 bits per heavy atom. The van der Waals surface area contributed by atoms with Crippen LogP contribution in [0.2, 0.25) is 10.0 Å². The van der Waals surface area contributed by atoms with Crippen LogP contribution in [0.25, 0.3) is 10.9 Å². The normalized spacial score (nSPS) is 11.1. The topological polar surface area (TPSA) is 54.4 Å². The summed E-state index contributed by atoms with van der Waals surface area (Å²) in [6.07, 6.45) is 1.48. The van der Waals surface area contributed by atoms with Gasteiger partial charge in [0.2, 0.25) is 0 Å². The van der Waals surface area contributed by atoms with Crippen LogP contribution in [-0.2, 0) is 0 Å². The van der Waals surface area contributed by atoms with Crippen molar-refractivity contribution in [3.8, 4) is 0 Å². The number of benzene rings is 2. The Morgan fingerprint density at radius 3 is 2.75 bits per heavy atom. The SMILES string of the molecule is Cc1cc(C(=O)N/N=C\c2ccc(Cl)cc2Cl)c2ccccc2n1. The highest BCUT2D eigenvalue weighted by Crippen LogP contribution is 2.20. The van der Waals surface area contributed by atoms with Crippen molar-refractivity contribution in [2.45, 2.75) is 6.92 Å². The van der Waals surface area contributed by atoms with Gasteiger partial charge in [-0.05, 0) is 31.2 Å². The standard InChI is InChI=1S/C18H13Cl2N3O/c1-11-8-15(14-4-2-3-5-17(14)22-11)18(24)23-21-10-12-6-7-13(19)9-16(12)20/h2-10H,1H3,(H,23,24)/b21-10-. The fourth-order valence-corrected chi connectivity index (χ4v) is 2.78. The predicted octanol–water partition coefficient (Wildman–Crippen LogP) is 4.61. The summed E-state index contributed by atoms with van der Waals surface area (Å²) in [7, 11) is 0. The van der Waals surface area contributed by atoms with E-state index in [-0.39, 0.29) is 5.91 Å². The van der Waals surface area contributed by atoms with Crippen LogP contribution in [0.15, 0.2) is 53.6 Å². The molecule has 1 aromatic heterocycles. The van der Waals surface area contributed by atoms with Gasteiger partial charge >= 0.3 is 0 Å². The van der Waals surface area contributed by atoms with E-state index in [0.29, 0.717) is 21.2 Å². The highest BCUT2D eigenvalue weighted by Gasteiger charge is 2.11. The zero-order chi connectivity index (χ0) is 17.1. The summed E-state index contributed by atoms with van der Waals surface area (Å²) >= 11 is 11.9. The van der Waals surface area contributed by atoms with E-state index in [4.69, 9.17) is 23.2 Å². The van der Waals surface area contributed by atoms with Crippen LogP contribution in [0.4, 0.5) is 0 Å². The van der Waals surface area contributed by atoms with E-state index < -0.39 is 0 Å². The van der Waals surface area contributed by atoms with Crippen molar-refractivity contribution >= 4 is 46.2 Å². The molecule has 0 radical (unpaired) electrons. The van der Waals surface area contributed by atoms with E-state index >= 15 is 0 Å². The van der Waals surface area contributed by atoms with Crippen LogP contribution in [0.3, 0.4) is 0 Å². The molecule has 6 heteroatoms. The first-order valence-corrected chi connectivity index (χ1v) is 7.95. The number of hydrazone groups is 1. The summed E-state index contributed by atoms with van der Waals surface area (Å²) in [5.74, 6) is -0.307. The van der Waals surface area contributed by atoms with Gasteiger partial charge in [0, 0.05) is 21.7 Å². The minimum Gasteiger partial charge on any atom is -0.267 e. The van der Waals surface area contributed by atoms with Gasteiger partial charge in [0.15, 0.2) is 0 Å². The minimum absolute atomic E-state index is 0.307. The second-order valence-electron chi connectivity index (χ2n) is 5.19. The van der Waals surface area contributed by atoms with Gasteiger partial charge in [-0.15, -0.1) is 0 Å². The molecule has 0 spiro atoms. The summed E-state index contributed by atoms with van der Waals surface area (Å²) in [6.45, 7) is 1.85. The number of rotatable bonds is 3. The summed E-state index contributed by atoms with van der Waals surface area (Å²) in [5, 5.41) is 5.76. The molecule has 0 atom stereocenters. The number of amides is 1. The Hall–Kier alpha value is -2.43. The van der Waals surface area contributed by atoms with Crippen molar-refractivity contribution in [3.63, 3.8) is 0 Å². The average Bonchev–Trinajstić information content (AvgIpc) is 2.56. The lowest BCUT2D eigenvalue weighted by molar-refractivity contribution is 0.0956. The van der Waals surface area contributed by atoms with E-state index in [1.807, 2.05) is 31.2 Å². The number of nitrogens with one attached hydrogen (secondary N) is 1. The quantitative estimate of drug-likeness (QED) is 0.549. The van der Waals surface area contributed by atoms with Crippen molar-refractivity contribution < 1.29 is 4.79 Å². The number of hydrogen-bond acceptors (Lipinski definition) is 3. The molecule has 3 rings (SSSR count). The van der Waals surface area contributed by atoms with Gasteiger partial charge in [0.05, 0.1) is 22.3 Å². The maximum atomic E-state index is 12.4. The zero-order valence-corrected chi connectivity index (χ0v) is 14.3. The molecule has 120 valence electrons. The second kappa shape index (κ2) is 6.99. The Morgan fingerprint density at radius 1 is 1.17 bits per heavy atom. The molecule has 0 saturated carbocycles.